The molecule has 1 rings (SSSR count). The topological polar surface area (TPSA) is 32.3 Å². The molecule has 82 valence electrons. The van der Waals surface area contributed by atoms with Gasteiger partial charge in [-0.1, -0.05) is 13.3 Å². The Morgan fingerprint density at radius 2 is 2.21 bits per heavy atom. The van der Waals surface area contributed by atoms with Crippen molar-refractivity contribution in [1.82, 2.24) is 10.2 Å². The van der Waals surface area contributed by atoms with Crippen LogP contribution in [-0.4, -0.2) is 37.0 Å². The highest BCUT2D eigenvalue weighted by Gasteiger charge is 2.26. The average Bonchev–Trinajstić information content (AvgIpc) is 2.17. The van der Waals surface area contributed by atoms with Gasteiger partial charge in [-0.25, -0.2) is 0 Å². The Kier molecular flexibility index (Phi) is 4.39. The monoisotopic (exact) mass is 198 g/mol. The Labute approximate surface area is 86.9 Å². The lowest BCUT2D eigenvalue weighted by Gasteiger charge is -2.37. The number of piperidine rings is 1. The molecule has 1 aliphatic rings. The summed E-state index contributed by atoms with van der Waals surface area (Å²) in [7, 11) is 1.98. The smallest absolute Gasteiger partial charge is 0.219 e. The van der Waals surface area contributed by atoms with Crippen LogP contribution in [0.5, 0.6) is 0 Å². The zero-order valence-corrected chi connectivity index (χ0v) is 9.55. The number of nitrogens with zero attached hydrogens (tertiary/aromatic N) is 1. The molecule has 0 bridgehead atoms. The van der Waals surface area contributed by atoms with Crippen molar-refractivity contribution in [3.63, 3.8) is 0 Å². The molecule has 3 nitrogen and oxygen atoms in total. The van der Waals surface area contributed by atoms with Gasteiger partial charge in [0.15, 0.2) is 0 Å². The lowest BCUT2D eigenvalue weighted by molar-refractivity contribution is -0.131. The first kappa shape index (κ1) is 11.5. The van der Waals surface area contributed by atoms with Crippen LogP contribution in [-0.2, 0) is 4.79 Å². The SMILES string of the molecule is CCCC1CC(NC)CN(C(C)=O)C1. The van der Waals surface area contributed by atoms with Crippen molar-refractivity contribution in [3.8, 4) is 0 Å². The minimum Gasteiger partial charge on any atom is -0.341 e. The van der Waals surface area contributed by atoms with E-state index in [0.29, 0.717) is 12.0 Å². The first-order chi connectivity index (χ1) is 6.67. The second-order valence-corrected chi connectivity index (χ2v) is 4.30. The van der Waals surface area contributed by atoms with Gasteiger partial charge in [0.05, 0.1) is 0 Å². The maximum absolute atomic E-state index is 11.3. The largest absolute Gasteiger partial charge is 0.341 e. The van der Waals surface area contributed by atoms with E-state index in [0.717, 1.165) is 13.1 Å². The van der Waals surface area contributed by atoms with Gasteiger partial charge in [-0.15, -0.1) is 0 Å². The highest BCUT2D eigenvalue weighted by molar-refractivity contribution is 5.73. The van der Waals surface area contributed by atoms with Crippen LogP contribution in [0.1, 0.15) is 33.1 Å². The minimum atomic E-state index is 0.214. The molecule has 1 fully saturated rings. The number of likely N-dealkylation sites (tertiary alicyclic amines) is 1. The zero-order valence-electron chi connectivity index (χ0n) is 9.55. The fraction of sp³-hybridized carbons (Fsp3) is 0.909. The Balaban J connectivity index is 2.52. The number of amides is 1. The second kappa shape index (κ2) is 5.35. The Morgan fingerprint density at radius 1 is 1.50 bits per heavy atom. The van der Waals surface area contributed by atoms with E-state index < -0.39 is 0 Å². The molecule has 2 atom stereocenters. The van der Waals surface area contributed by atoms with Gasteiger partial charge in [0, 0.05) is 26.1 Å². The van der Waals surface area contributed by atoms with Crippen LogP contribution in [0.25, 0.3) is 0 Å². The van der Waals surface area contributed by atoms with Gasteiger partial charge in [0.1, 0.15) is 0 Å². The van der Waals surface area contributed by atoms with Crippen LogP contribution in [0.2, 0.25) is 0 Å². The molecule has 2 unspecified atom stereocenters. The average molecular weight is 198 g/mol. The molecule has 0 saturated carbocycles. The van der Waals surface area contributed by atoms with Gasteiger partial charge in [-0.05, 0) is 25.8 Å². The Bertz CT molecular complexity index is 194. The summed E-state index contributed by atoms with van der Waals surface area (Å²) in [5.74, 6) is 0.904. The zero-order chi connectivity index (χ0) is 10.6. The van der Waals surface area contributed by atoms with Crippen LogP contribution in [0.4, 0.5) is 0 Å². The third-order valence-electron chi connectivity index (χ3n) is 3.09. The van der Waals surface area contributed by atoms with E-state index in [-0.39, 0.29) is 5.91 Å². The van der Waals surface area contributed by atoms with Crippen molar-refractivity contribution < 1.29 is 4.79 Å². The number of carbonyl (C=O) groups is 1. The Morgan fingerprint density at radius 3 is 2.71 bits per heavy atom. The van der Waals surface area contributed by atoms with Crippen molar-refractivity contribution in [2.24, 2.45) is 5.92 Å². The molecular weight excluding hydrogens is 176 g/mol. The van der Waals surface area contributed by atoms with Gasteiger partial charge in [-0.3, -0.25) is 4.79 Å². The van der Waals surface area contributed by atoms with Crippen molar-refractivity contribution >= 4 is 5.91 Å². The number of carbonyl (C=O) groups excluding carboxylic acids is 1. The quantitative estimate of drug-likeness (QED) is 0.740. The molecule has 14 heavy (non-hydrogen) atoms. The Hall–Kier alpha value is -0.570. The van der Waals surface area contributed by atoms with Gasteiger partial charge < -0.3 is 10.2 Å². The van der Waals surface area contributed by atoms with Crippen LogP contribution in [0.15, 0.2) is 0 Å². The van der Waals surface area contributed by atoms with E-state index in [1.54, 1.807) is 6.92 Å². The molecule has 0 aromatic heterocycles. The highest BCUT2D eigenvalue weighted by Crippen LogP contribution is 2.21. The molecule has 1 N–H and O–H groups in total. The van der Waals surface area contributed by atoms with E-state index in [9.17, 15) is 4.79 Å². The number of nitrogens with one attached hydrogen (secondary N) is 1. The molecule has 1 amide bonds. The molecule has 3 heteroatoms. The van der Waals surface area contributed by atoms with Gasteiger partial charge >= 0.3 is 0 Å². The van der Waals surface area contributed by atoms with Gasteiger partial charge in [0.25, 0.3) is 0 Å². The molecule has 1 aliphatic heterocycles. The van der Waals surface area contributed by atoms with Crippen LogP contribution >= 0.6 is 0 Å². The lowest BCUT2D eigenvalue weighted by Crippen LogP contribution is -2.49. The van der Waals surface area contributed by atoms with E-state index in [1.165, 1.54) is 19.3 Å². The lowest BCUT2D eigenvalue weighted by atomic mass is 9.90. The number of likely N-dealkylation sites (N-methyl/N-ethyl adjacent to an activating group) is 1. The third-order valence-corrected chi connectivity index (χ3v) is 3.09. The fourth-order valence-corrected chi connectivity index (χ4v) is 2.29. The fourth-order valence-electron chi connectivity index (χ4n) is 2.29. The normalized spacial score (nSPS) is 27.8. The maximum atomic E-state index is 11.3. The molecule has 0 spiro atoms. The summed E-state index contributed by atoms with van der Waals surface area (Å²) < 4.78 is 0. The van der Waals surface area contributed by atoms with Crippen molar-refractivity contribution in [2.75, 3.05) is 20.1 Å². The summed E-state index contributed by atoms with van der Waals surface area (Å²) >= 11 is 0. The van der Waals surface area contributed by atoms with Crippen molar-refractivity contribution in [2.45, 2.75) is 39.2 Å². The maximum Gasteiger partial charge on any atom is 0.219 e. The molecule has 0 radical (unpaired) electrons. The predicted molar refractivity (Wildman–Crippen MR) is 58.1 cm³/mol. The summed E-state index contributed by atoms with van der Waals surface area (Å²) in [5, 5.41) is 3.28. The highest BCUT2D eigenvalue weighted by atomic mass is 16.2. The predicted octanol–water partition coefficient (Wildman–Crippen LogP) is 1.24. The summed E-state index contributed by atoms with van der Waals surface area (Å²) in [6, 6.07) is 0.490. The van der Waals surface area contributed by atoms with Crippen molar-refractivity contribution in [1.29, 1.82) is 0 Å². The van der Waals surface area contributed by atoms with E-state index in [4.69, 9.17) is 0 Å². The number of hydrogen-bond donors (Lipinski definition) is 1. The van der Waals surface area contributed by atoms with Crippen LogP contribution in [0.3, 0.4) is 0 Å². The summed E-state index contributed by atoms with van der Waals surface area (Å²) in [4.78, 5) is 13.3. The minimum absolute atomic E-state index is 0.214. The first-order valence-electron chi connectivity index (χ1n) is 5.60. The third kappa shape index (κ3) is 2.98. The van der Waals surface area contributed by atoms with E-state index in [2.05, 4.69) is 12.2 Å². The van der Waals surface area contributed by atoms with E-state index in [1.807, 2.05) is 11.9 Å². The summed E-state index contributed by atoms with van der Waals surface area (Å²) in [5.41, 5.74) is 0. The van der Waals surface area contributed by atoms with Gasteiger partial charge in [-0.2, -0.15) is 0 Å². The summed E-state index contributed by atoms with van der Waals surface area (Å²) in [6.07, 6.45) is 3.67. The van der Waals surface area contributed by atoms with Crippen LogP contribution < -0.4 is 5.32 Å². The first-order valence-corrected chi connectivity index (χ1v) is 5.60. The number of hydrogen-bond acceptors (Lipinski definition) is 2. The molecule has 1 heterocycles. The summed E-state index contributed by atoms with van der Waals surface area (Å²) in [6.45, 7) is 5.72. The molecular formula is C11H22N2O. The molecule has 0 aromatic carbocycles. The number of rotatable bonds is 3. The molecule has 0 aromatic rings. The van der Waals surface area contributed by atoms with Crippen molar-refractivity contribution in [3.05, 3.63) is 0 Å². The van der Waals surface area contributed by atoms with Crippen LogP contribution in [0, 0.1) is 5.92 Å². The molecule has 1 saturated heterocycles. The standard InChI is InChI=1S/C11H22N2O/c1-4-5-10-6-11(12-3)8-13(7-10)9(2)14/h10-12H,4-8H2,1-3H3. The second-order valence-electron chi connectivity index (χ2n) is 4.30. The molecule has 0 aliphatic carbocycles. The van der Waals surface area contributed by atoms with E-state index >= 15 is 0 Å². The van der Waals surface area contributed by atoms with Gasteiger partial charge in [0.2, 0.25) is 5.91 Å².